The van der Waals surface area contributed by atoms with Gasteiger partial charge in [-0.3, -0.25) is 0 Å². The summed E-state index contributed by atoms with van der Waals surface area (Å²) in [5.74, 6) is 0.111. The second-order valence-electron chi connectivity index (χ2n) is 3.54. The third kappa shape index (κ3) is 4.03. The van der Waals surface area contributed by atoms with Crippen LogP contribution in [0.3, 0.4) is 0 Å². The molecule has 0 radical (unpaired) electrons. The van der Waals surface area contributed by atoms with Crippen molar-refractivity contribution in [2.45, 2.75) is 6.18 Å². The van der Waals surface area contributed by atoms with Crippen LogP contribution in [0.4, 0.5) is 19.0 Å². The summed E-state index contributed by atoms with van der Waals surface area (Å²) in [7, 11) is 1.49. The number of pyridine rings is 1. The van der Waals surface area contributed by atoms with Crippen molar-refractivity contribution < 1.29 is 17.9 Å². The standard InChI is InChI=1S/C11H14ClF3N2O/c1-18-8-7-17(6-4-12)10-9(11(13,14)15)3-2-5-16-10/h2-3,5H,4,6-8H2,1H3. The fourth-order valence-electron chi connectivity index (χ4n) is 1.50. The monoisotopic (exact) mass is 282 g/mol. The van der Waals surface area contributed by atoms with E-state index in [1.165, 1.54) is 24.3 Å². The molecule has 1 heterocycles. The van der Waals surface area contributed by atoms with Crippen LogP contribution in [0.1, 0.15) is 5.56 Å². The number of halogens is 4. The van der Waals surface area contributed by atoms with Crippen molar-refractivity contribution in [2.75, 3.05) is 37.6 Å². The highest BCUT2D eigenvalue weighted by Gasteiger charge is 2.35. The average Bonchev–Trinajstić information content (AvgIpc) is 2.33. The van der Waals surface area contributed by atoms with Gasteiger partial charge in [0, 0.05) is 32.3 Å². The Morgan fingerprint density at radius 1 is 1.39 bits per heavy atom. The molecule has 0 saturated carbocycles. The number of hydrogen-bond donors (Lipinski definition) is 0. The van der Waals surface area contributed by atoms with Crippen LogP contribution in [0.15, 0.2) is 18.3 Å². The molecule has 0 atom stereocenters. The van der Waals surface area contributed by atoms with E-state index in [2.05, 4.69) is 4.98 Å². The topological polar surface area (TPSA) is 25.4 Å². The third-order valence-electron chi connectivity index (χ3n) is 2.31. The van der Waals surface area contributed by atoms with Crippen molar-refractivity contribution in [2.24, 2.45) is 0 Å². The van der Waals surface area contributed by atoms with E-state index in [1.807, 2.05) is 0 Å². The molecule has 0 fully saturated rings. The van der Waals surface area contributed by atoms with E-state index in [0.717, 1.165) is 6.07 Å². The first-order valence-electron chi connectivity index (χ1n) is 5.32. The molecule has 102 valence electrons. The highest BCUT2D eigenvalue weighted by molar-refractivity contribution is 6.18. The number of rotatable bonds is 6. The van der Waals surface area contributed by atoms with Crippen molar-refractivity contribution in [3.05, 3.63) is 23.9 Å². The van der Waals surface area contributed by atoms with Gasteiger partial charge in [0.15, 0.2) is 0 Å². The van der Waals surface area contributed by atoms with Crippen molar-refractivity contribution in [3.63, 3.8) is 0 Å². The normalized spacial score (nSPS) is 11.6. The predicted octanol–water partition coefficient (Wildman–Crippen LogP) is 2.79. The fraction of sp³-hybridized carbons (Fsp3) is 0.545. The van der Waals surface area contributed by atoms with E-state index in [9.17, 15) is 13.2 Å². The summed E-state index contributed by atoms with van der Waals surface area (Å²) in [6.07, 6.45) is -3.10. The molecule has 18 heavy (non-hydrogen) atoms. The van der Waals surface area contributed by atoms with Crippen LogP contribution >= 0.6 is 11.6 Å². The molecule has 0 aliphatic heterocycles. The minimum atomic E-state index is -4.43. The third-order valence-corrected chi connectivity index (χ3v) is 2.48. The molecule has 0 N–H and O–H groups in total. The zero-order valence-electron chi connectivity index (χ0n) is 9.88. The smallest absolute Gasteiger partial charge is 0.383 e. The molecule has 1 aromatic rings. The van der Waals surface area contributed by atoms with Gasteiger partial charge < -0.3 is 9.64 Å². The van der Waals surface area contributed by atoms with Crippen LogP contribution in [-0.4, -0.2) is 37.7 Å². The van der Waals surface area contributed by atoms with Crippen LogP contribution in [0.2, 0.25) is 0 Å². The highest BCUT2D eigenvalue weighted by atomic mass is 35.5. The number of ether oxygens (including phenoxy) is 1. The second kappa shape index (κ2) is 6.80. The minimum Gasteiger partial charge on any atom is -0.383 e. The Kier molecular flexibility index (Phi) is 5.68. The van der Waals surface area contributed by atoms with Gasteiger partial charge in [0.1, 0.15) is 5.82 Å². The molecule has 0 bridgehead atoms. The Bertz CT molecular complexity index is 374. The van der Waals surface area contributed by atoms with Gasteiger partial charge >= 0.3 is 6.18 Å². The summed E-state index contributed by atoms with van der Waals surface area (Å²) in [5.41, 5.74) is -0.758. The van der Waals surface area contributed by atoms with E-state index in [0.29, 0.717) is 13.2 Å². The van der Waals surface area contributed by atoms with Gasteiger partial charge in [0.25, 0.3) is 0 Å². The van der Waals surface area contributed by atoms with Gasteiger partial charge in [-0.05, 0) is 12.1 Å². The zero-order valence-corrected chi connectivity index (χ0v) is 10.6. The predicted molar refractivity (Wildman–Crippen MR) is 64.0 cm³/mol. The second-order valence-corrected chi connectivity index (χ2v) is 3.92. The lowest BCUT2D eigenvalue weighted by Gasteiger charge is -2.25. The lowest BCUT2D eigenvalue weighted by Crippen LogP contribution is -2.32. The van der Waals surface area contributed by atoms with Crippen LogP contribution in [0, 0.1) is 0 Å². The maximum Gasteiger partial charge on any atom is 0.419 e. The Hall–Kier alpha value is -1.01. The van der Waals surface area contributed by atoms with Crippen molar-refractivity contribution >= 4 is 17.4 Å². The Balaban J connectivity index is 3.03. The van der Waals surface area contributed by atoms with E-state index in [1.54, 1.807) is 0 Å². The molecule has 7 heteroatoms. The Morgan fingerprint density at radius 3 is 2.67 bits per heavy atom. The average molecular weight is 283 g/mol. The van der Waals surface area contributed by atoms with Gasteiger partial charge in [-0.15, -0.1) is 11.6 Å². The number of nitrogens with zero attached hydrogens (tertiary/aromatic N) is 2. The lowest BCUT2D eigenvalue weighted by molar-refractivity contribution is -0.137. The summed E-state index contributed by atoms with van der Waals surface area (Å²) in [6.45, 7) is 0.902. The van der Waals surface area contributed by atoms with Crippen molar-refractivity contribution in [1.82, 2.24) is 4.98 Å². The fourth-order valence-corrected chi connectivity index (χ4v) is 1.70. The minimum absolute atomic E-state index is 0.109. The van der Waals surface area contributed by atoms with Crippen LogP contribution in [0.5, 0.6) is 0 Å². The molecule has 0 unspecified atom stereocenters. The van der Waals surface area contributed by atoms with Gasteiger partial charge in [0.2, 0.25) is 0 Å². The maximum atomic E-state index is 12.8. The first-order chi connectivity index (χ1) is 8.50. The molecular weight excluding hydrogens is 269 g/mol. The molecule has 1 rings (SSSR count). The molecule has 0 saturated heterocycles. The molecule has 1 aromatic heterocycles. The van der Waals surface area contributed by atoms with Crippen LogP contribution in [0.25, 0.3) is 0 Å². The lowest BCUT2D eigenvalue weighted by atomic mass is 10.2. The number of methoxy groups -OCH3 is 1. The van der Waals surface area contributed by atoms with E-state index in [-0.39, 0.29) is 18.2 Å². The summed E-state index contributed by atoms with van der Waals surface area (Å²) < 4.78 is 43.4. The summed E-state index contributed by atoms with van der Waals surface area (Å²) in [4.78, 5) is 5.28. The number of hydrogen-bond acceptors (Lipinski definition) is 3. The number of aromatic nitrogens is 1. The van der Waals surface area contributed by atoms with Crippen molar-refractivity contribution in [3.8, 4) is 0 Å². The number of alkyl halides is 4. The van der Waals surface area contributed by atoms with Gasteiger partial charge in [-0.2, -0.15) is 13.2 Å². The molecule has 0 aromatic carbocycles. The molecule has 0 amide bonds. The molecule has 0 aliphatic rings. The number of anilines is 1. The largest absolute Gasteiger partial charge is 0.419 e. The van der Waals surface area contributed by atoms with Gasteiger partial charge in [-0.1, -0.05) is 0 Å². The first kappa shape index (κ1) is 15.0. The zero-order chi connectivity index (χ0) is 13.6. The molecule has 0 aliphatic carbocycles. The van der Waals surface area contributed by atoms with Gasteiger partial charge in [0.05, 0.1) is 12.2 Å². The molecule has 0 spiro atoms. The molecular formula is C11H14ClF3N2O. The van der Waals surface area contributed by atoms with E-state index >= 15 is 0 Å². The summed E-state index contributed by atoms with van der Waals surface area (Å²) in [5, 5.41) is 0. The van der Waals surface area contributed by atoms with E-state index < -0.39 is 11.7 Å². The van der Waals surface area contributed by atoms with Gasteiger partial charge in [-0.25, -0.2) is 4.98 Å². The van der Waals surface area contributed by atoms with Crippen LogP contribution < -0.4 is 4.90 Å². The summed E-state index contributed by atoms with van der Waals surface area (Å²) in [6, 6.07) is 2.28. The molecule has 3 nitrogen and oxygen atoms in total. The van der Waals surface area contributed by atoms with Crippen molar-refractivity contribution in [1.29, 1.82) is 0 Å². The first-order valence-corrected chi connectivity index (χ1v) is 5.86. The maximum absolute atomic E-state index is 12.8. The van der Waals surface area contributed by atoms with E-state index in [4.69, 9.17) is 16.3 Å². The highest BCUT2D eigenvalue weighted by Crippen LogP contribution is 2.34. The quantitative estimate of drug-likeness (QED) is 0.750. The SMILES string of the molecule is COCCN(CCCl)c1ncccc1C(F)(F)F. The van der Waals surface area contributed by atoms with Crippen LogP contribution in [-0.2, 0) is 10.9 Å². The Morgan fingerprint density at radius 2 is 2.11 bits per heavy atom. The summed E-state index contributed by atoms with van der Waals surface area (Å²) >= 11 is 5.60. The Labute approximate surface area is 109 Å².